The zero-order valence-electron chi connectivity index (χ0n) is 18.1. The van der Waals surface area contributed by atoms with E-state index in [9.17, 15) is 9.59 Å². The molecule has 0 unspecified atom stereocenters. The van der Waals surface area contributed by atoms with Crippen LogP contribution in [0.2, 0.25) is 0 Å². The minimum atomic E-state index is -0.513. The third-order valence-corrected chi connectivity index (χ3v) is 4.46. The molecule has 0 saturated carbocycles. The molecule has 0 aliphatic carbocycles. The highest BCUT2D eigenvalue weighted by Crippen LogP contribution is 2.29. The number of rotatable bonds is 8. The predicted octanol–water partition coefficient (Wildman–Crippen LogP) is 4.39. The molecule has 0 fully saturated rings. The molecule has 0 aliphatic heterocycles. The summed E-state index contributed by atoms with van der Waals surface area (Å²) in [7, 11) is 1.56. The molecule has 32 heavy (non-hydrogen) atoms. The average molecular weight is 432 g/mol. The van der Waals surface area contributed by atoms with Crippen molar-refractivity contribution >= 4 is 18.1 Å². The molecule has 0 heterocycles. The zero-order chi connectivity index (χ0) is 22.9. The lowest BCUT2D eigenvalue weighted by molar-refractivity contribution is 0.0728. The fourth-order valence-corrected chi connectivity index (χ4v) is 2.86. The van der Waals surface area contributed by atoms with E-state index in [-0.39, 0.29) is 11.7 Å². The quantitative estimate of drug-likeness (QED) is 0.247. The molecule has 3 aromatic carbocycles. The Kier molecular flexibility index (Phi) is 7.59. The van der Waals surface area contributed by atoms with Gasteiger partial charge in [0, 0.05) is 5.56 Å². The van der Waals surface area contributed by atoms with Gasteiger partial charge >= 0.3 is 5.97 Å². The summed E-state index contributed by atoms with van der Waals surface area (Å²) in [5.41, 5.74) is 5.07. The number of ether oxygens (including phenoxy) is 3. The second-order valence-corrected chi connectivity index (χ2v) is 6.83. The van der Waals surface area contributed by atoms with Crippen LogP contribution in [0.25, 0.3) is 0 Å². The van der Waals surface area contributed by atoms with Crippen LogP contribution in [-0.4, -0.2) is 31.8 Å². The summed E-state index contributed by atoms with van der Waals surface area (Å²) >= 11 is 0. The molecule has 0 bridgehead atoms. The molecule has 0 spiro atoms. The highest BCUT2D eigenvalue weighted by molar-refractivity contribution is 5.95. The lowest BCUT2D eigenvalue weighted by Gasteiger charge is -2.11. The topological polar surface area (TPSA) is 86.2 Å². The fourth-order valence-electron chi connectivity index (χ4n) is 2.86. The first-order valence-electron chi connectivity index (χ1n) is 10.0. The molecule has 7 nitrogen and oxygen atoms in total. The fraction of sp³-hybridized carbons (Fsp3) is 0.160. The van der Waals surface area contributed by atoms with Gasteiger partial charge in [0.2, 0.25) is 0 Å². The maximum Gasteiger partial charge on any atom is 0.343 e. The van der Waals surface area contributed by atoms with Crippen LogP contribution in [0.1, 0.15) is 38.8 Å². The predicted molar refractivity (Wildman–Crippen MR) is 122 cm³/mol. The number of nitrogens with one attached hydrogen (secondary N) is 1. The summed E-state index contributed by atoms with van der Waals surface area (Å²) in [6, 6.07) is 18.9. The molecular formula is C25H24N2O5. The molecule has 1 amide bonds. The minimum Gasteiger partial charge on any atom is -0.497 e. The number of carbonyl (C=O) groups is 2. The highest BCUT2D eigenvalue weighted by atomic mass is 16.6. The van der Waals surface area contributed by atoms with E-state index in [0.717, 1.165) is 5.56 Å². The van der Waals surface area contributed by atoms with Crippen LogP contribution in [-0.2, 0) is 0 Å². The summed E-state index contributed by atoms with van der Waals surface area (Å²) < 4.78 is 16.2. The molecule has 3 rings (SSSR count). The first kappa shape index (κ1) is 22.6. The largest absolute Gasteiger partial charge is 0.497 e. The molecule has 1 N–H and O–H groups in total. The van der Waals surface area contributed by atoms with Gasteiger partial charge in [0.05, 0.1) is 25.5 Å². The zero-order valence-corrected chi connectivity index (χ0v) is 18.1. The van der Waals surface area contributed by atoms with Crippen LogP contribution in [0.15, 0.2) is 71.8 Å². The average Bonchev–Trinajstić information content (AvgIpc) is 2.80. The normalized spacial score (nSPS) is 10.6. The van der Waals surface area contributed by atoms with Crippen molar-refractivity contribution in [1.82, 2.24) is 5.43 Å². The number of amides is 1. The van der Waals surface area contributed by atoms with E-state index in [1.807, 2.05) is 26.0 Å². The van der Waals surface area contributed by atoms with Crippen molar-refractivity contribution in [2.24, 2.45) is 5.10 Å². The minimum absolute atomic E-state index is 0.286. The van der Waals surface area contributed by atoms with Crippen LogP contribution in [0, 0.1) is 6.92 Å². The Morgan fingerprint density at radius 2 is 1.75 bits per heavy atom. The van der Waals surface area contributed by atoms with Crippen molar-refractivity contribution in [2.75, 3.05) is 13.7 Å². The summed E-state index contributed by atoms with van der Waals surface area (Å²) in [5.74, 6) is 0.507. The second kappa shape index (κ2) is 10.8. The van der Waals surface area contributed by atoms with Crippen LogP contribution in [0.5, 0.6) is 17.2 Å². The maximum absolute atomic E-state index is 12.5. The smallest absolute Gasteiger partial charge is 0.343 e. The SMILES string of the molecule is CCOc1cc(C=NNC(=O)c2cccc(C)c2)ccc1OC(=O)c1ccc(OC)cc1. The number of nitrogens with zero attached hydrogens (tertiary/aromatic N) is 1. The number of hydrazone groups is 1. The molecule has 0 aliphatic rings. The number of hydrogen-bond donors (Lipinski definition) is 1. The van der Waals surface area contributed by atoms with E-state index < -0.39 is 5.97 Å². The van der Waals surface area contributed by atoms with Crippen molar-refractivity contribution < 1.29 is 23.8 Å². The van der Waals surface area contributed by atoms with Crippen molar-refractivity contribution in [2.45, 2.75) is 13.8 Å². The first-order valence-corrected chi connectivity index (χ1v) is 10.0. The van der Waals surface area contributed by atoms with Crippen LogP contribution >= 0.6 is 0 Å². The van der Waals surface area contributed by atoms with Gasteiger partial charge in [0.25, 0.3) is 5.91 Å². The molecule has 0 radical (unpaired) electrons. The van der Waals surface area contributed by atoms with E-state index in [1.165, 1.54) is 6.21 Å². The molecule has 7 heteroatoms. The summed E-state index contributed by atoms with van der Waals surface area (Å²) in [6.07, 6.45) is 1.49. The number of hydrogen-bond acceptors (Lipinski definition) is 6. The maximum atomic E-state index is 12.5. The molecule has 0 atom stereocenters. The summed E-state index contributed by atoms with van der Waals surface area (Å²) in [6.45, 7) is 4.13. The van der Waals surface area contributed by atoms with E-state index in [1.54, 1.807) is 61.7 Å². The number of methoxy groups -OCH3 is 1. The Hall–Kier alpha value is -4.13. The van der Waals surface area contributed by atoms with Crippen molar-refractivity contribution in [3.8, 4) is 17.2 Å². The molecule has 0 aromatic heterocycles. The van der Waals surface area contributed by atoms with Gasteiger partial charge in [0.15, 0.2) is 11.5 Å². The Morgan fingerprint density at radius 1 is 0.969 bits per heavy atom. The van der Waals surface area contributed by atoms with Gasteiger partial charge in [-0.05, 0) is 74.0 Å². The Bertz CT molecular complexity index is 1120. The Labute approximate surface area is 186 Å². The van der Waals surface area contributed by atoms with Gasteiger partial charge in [-0.25, -0.2) is 10.2 Å². The van der Waals surface area contributed by atoms with Gasteiger partial charge in [-0.1, -0.05) is 17.7 Å². The van der Waals surface area contributed by atoms with Crippen LogP contribution < -0.4 is 19.6 Å². The molecule has 3 aromatic rings. The van der Waals surface area contributed by atoms with Crippen molar-refractivity contribution in [1.29, 1.82) is 0 Å². The molecular weight excluding hydrogens is 408 g/mol. The van der Waals surface area contributed by atoms with Crippen molar-refractivity contribution in [3.63, 3.8) is 0 Å². The summed E-state index contributed by atoms with van der Waals surface area (Å²) in [4.78, 5) is 24.7. The third kappa shape index (κ3) is 5.95. The van der Waals surface area contributed by atoms with E-state index in [2.05, 4.69) is 10.5 Å². The lowest BCUT2D eigenvalue weighted by Crippen LogP contribution is -2.17. The number of carbonyl (C=O) groups excluding carboxylic acids is 2. The molecule has 164 valence electrons. The Balaban J connectivity index is 1.69. The number of benzene rings is 3. The van der Waals surface area contributed by atoms with Gasteiger partial charge in [-0.15, -0.1) is 0 Å². The number of aryl methyl sites for hydroxylation is 1. The monoisotopic (exact) mass is 432 g/mol. The van der Waals surface area contributed by atoms with E-state index in [0.29, 0.717) is 34.8 Å². The second-order valence-electron chi connectivity index (χ2n) is 6.83. The Morgan fingerprint density at radius 3 is 2.44 bits per heavy atom. The van der Waals surface area contributed by atoms with Crippen molar-refractivity contribution in [3.05, 3.63) is 89.0 Å². The first-order chi connectivity index (χ1) is 15.5. The number of esters is 1. The molecule has 0 saturated heterocycles. The summed E-state index contributed by atoms with van der Waals surface area (Å²) in [5, 5.41) is 4.00. The van der Waals surface area contributed by atoms with Gasteiger partial charge in [-0.2, -0.15) is 5.10 Å². The van der Waals surface area contributed by atoms with E-state index in [4.69, 9.17) is 14.2 Å². The standard InChI is InChI=1S/C25H24N2O5/c1-4-31-23-15-18(16-26-27-24(28)20-7-5-6-17(2)14-20)8-13-22(23)32-25(29)19-9-11-21(30-3)12-10-19/h5-16H,4H2,1-3H3,(H,27,28). The van der Waals surface area contributed by atoms with Gasteiger partial charge in [0.1, 0.15) is 5.75 Å². The van der Waals surface area contributed by atoms with Gasteiger partial charge < -0.3 is 14.2 Å². The highest BCUT2D eigenvalue weighted by Gasteiger charge is 2.13. The van der Waals surface area contributed by atoms with Gasteiger partial charge in [-0.3, -0.25) is 4.79 Å². The lowest BCUT2D eigenvalue weighted by atomic mass is 10.1. The van der Waals surface area contributed by atoms with Crippen LogP contribution in [0.3, 0.4) is 0 Å². The third-order valence-electron chi connectivity index (χ3n) is 4.46. The van der Waals surface area contributed by atoms with E-state index >= 15 is 0 Å². The van der Waals surface area contributed by atoms with Crippen LogP contribution in [0.4, 0.5) is 0 Å².